The van der Waals surface area contributed by atoms with E-state index in [2.05, 4.69) is 15.2 Å². The summed E-state index contributed by atoms with van der Waals surface area (Å²) in [5.41, 5.74) is 7.44. The minimum Gasteiger partial charge on any atom is -0.267 e. The molecule has 0 aliphatic carbocycles. The van der Waals surface area contributed by atoms with Gasteiger partial charge in [-0.3, -0.25) is 4.79 Å². The van der Waals surface area contributed by atoms with Gasteiger partial charge in [-0.2, -0.15) is 5.10 Å². The normalized spacial score (nSPS) is 11.9. The first kappa shape index (κ1) is 22.4. The third kappa shape index (κ3) is 5.87. The number of hydrogen-bond acceptors (Lipinski definition) is 4. The number of hydrazone groups is 1. The molecule has 7 heteroatoms. The summed E-state index contributed by atoms with van der Waals surface area (Å²) < 4.78 is 27.8. The standard InChI is InChI=1S/C24H25N3O3S/c1-17-12-13-21(14-18(17)2)19(3)26-27-24(28)22-10-7-11-23(15-22)31(29,30)25-16-20-8-5-4-6-9-20/h4-15,25H,16H2,1-3H3,(H,27,28)/b26-19-. The molecule has 0 unspecified atom stereocenters. The van der Waals surface area contributed by atoms with Crippen molar-refractivity contribution in [2.75, 3.05) is 0 Å². The first-order valence-electron chi connectivity index (χ1n) is 9.82. The summed E-state index contributed by atoms with van der Waals surface area (Å²) in [4.78, 5) is 12.5. The summed E-state index contributed by atoms with van der Waals surface area (Å²) in [7, 11) is -3.76. The molecule has 0 bridgehead atoms. The van der Waals surface area contributed by atoms with Crippen molar-refractivity contribution < 1.29 is 13.2 Å². The Morgan fingerprint density at radius 1 is 0.871 bits per heavy atom. The number of nitrogens with zero attached hydrogens (tertiary/aromatic N) is 1. The minimum absolute atomic E-state index is 0.0194. The zero-order chi connectivity index (χ0) is 22.4. The summed E-state index contributed by atoms with van der Waals surface area (Å²) >= 11 is 0. The number of rotatable bonds is 7. The number of carbonyl (C=O) groups excluding carboxylic acids is 1. The van der Waals surface area contributed by atoms with Crippen LogP contribution < -0.4 is 10.1 Å². The second kappa shape index (κ2) is 9.68. The maximum absolute atomic E-state index is 12.6. The van der Waals surface area contributed by atoms with Crippen molar-refractivity contribution in [3.05, 3.63) is 101 Å². The first-order valence-corrected chi connectivity index (χ1v) is 11.3. The summed E-state index contributed by atoms with van der Waals surface area (Å²) in [6.07, 6.45) is 0. The number of carbonyl (C=O) groups is 1. The zero-order valence-corrected chi connectivity index (χ0v) is 18.5. The number of amides is 1. The van der Waals surface area contributed by atoms with Gasteiger partial charge in [0.25, 0.3) is 5.91 Å². The predicted octanol–water partition coefficient (Wildman–Crippen LogP) is 3.94. The van der Waals surface area contributed by atoms with E-state index in [0.717, 1.165) is 16.7 Å². The van der Waals surface area contributed by atoms with Crippen molar-refractivity contribution >= 4 is 21.6 Å². The highest BCUT2D eigenvalue weighted by Gasteiger charge is 2.16. The van der Waals surface area contributed by atoms with Crippen molar-refractivity contribution in [3.63, 3.8) is 0 Å². The molecule has 0 saturated carbocycles. The lowest BCUT2D eigenvalue weighted by atomic mass is 10.0. The van der Waals surface area contributed by atoms with Gasteiger partial charge < -0.3 is 0 Å². The van der Waals surface area contributed by atoms with E-state index in [0.29, 0.717) is 5.71 Å². The SMILES string of the molecule is C/C(=N/NC(=O)c1cccc(S(=O)(=O)NCc2ccccc2)c1)c1ccc(C)c(C)c1. The van der Waals surface area contributed by atoms with Crippen molar-refractivity contribution in [2.24, 2.45) is 5.10 Å². The number of benzene rings is 3. The summed E-state index contributed by atoms with van der Waals surface area (Å²) in [5.74, 6) is -0.483. The van der Waals surface area contributed by atoms with Gasteiger partial charge in [0.15, 0.2) is 0 Å². The average Bonchev–Trinajstić information content (AvgIpc) is 2.78. The Balaban J connectivity index is 1.71. The first-order chi connectivity index (χ1) is 14.8. The molecule has 160 valence electrons. The Bertz CT molecular complexity index is 1220. The Hall–Kier alpha value is -3.29. The van der Waals surface area contributed by atoms with Crippen LogP contribution in [0.25, 0.3) is 0 Å². The van der Waals surface area contributed by atoms with Crippen LogP contribution in [0.5, 0.6) is 0 Å². The molecule has 3 aromatic carbocycles. The highest BCUT2D eigenvalue weighted by molar-refractivity contribution is 7.89. The predicted molar refractivity (Wildman–Crippen MR) is 123 cm³/mol. The summed E-state index contributed by atoms with van der Waals surface area (Å²) in [6.45, 7) is 6.02. The van der Waals surface area contributed by atoms with Crippen LogP contribution in [0.15, 0.2) is 82.8 Å². The molecular weight excluding hydrogens is 410 g/mol. The van der Waals surface area contributed by atoms with E-state index in [-0.39, 0.29) is 17.0 Å². The van der Waals surface area contributed by atoms with E-state index in [1.807, 2.05) is 62.4 Å². The van der Waals surface area contributed by atoms with Crippen LogP contribution in [-0.4, -0.2) is 20.0 Å². The van der Waals surface area contributed by atoms with Gasteiger partial charge in [-0.15, -0.1) is 0 Å². The molecule has 0 atom stereocenters. The van der Waals surface area contributed by atoms with Crippen molar-refractivity contribution in [1.82, 2.24) is 10.1 Å². The lowest BCUT2D eigenvalue weighted by Crippen LogP contribution is -2.24. The van der Waals surface area contributed by atoms with Crippen LogP contribution in [0.1, 0.15) is 39.5 Å². The number of sulfonamides is 1. The minimum atomic E-state index is -3.76. The smallest absolute Gasteiger partial charge is 0.267 e. The van der Waals surface area contributed by atoms with Gasteiger partial charge in [0.2, 0.25) is 10.0 Å². The molecule has 0 aliphatic rings. The van der Waals surface area contributed by atoms with Gasteiger partial charge in [-0.25, -0.2) is 18.6 Å². The molecule has 6 nitrogen and oxygen atoms in total. The molecule has 3 rings (SSSR count). The molecule has 0 aliphatic heterocycles. The average molecular weight is 436 g/mol. The van der Waals surface area contributed by atoms with Crippen LogP contribution in [-0.2, 0) is 16.6 Å². The van der Waals surface area contributed by atoms with Gasteiger partial charge in [0, 0.05) is 12.1 Å². The highest BCUT2D eigenvalue weighted by atomic mass is 32.2. The van der Waals surface area contributed by atoms with Crippen molar-refractivity contribution in [1.29, 1.82) is 0 Å². The van der Waals surface area contributed by atoms with Crippen LogP contribution in [0.4, 0.5) is 0 Å². The maximum atomic E-state index is 12.6. The lowest BCUT2D eigenvalue weighted by molar-refractivity contribution is 0.0954. The van der Waals surface area contributed by atoms with Gasteiger partial charge in [-0.05, 0) is 67.3 Å². The summed E-state index contributed by atoms with van der Waals surface area (Å²) in [6, 6.07) is 21.0. The van der Waals surface area contributed by atoms with Gasteiger partial charge in [0.05, 0.1) is 10.6 Å². The Kier molecular flexibility index (Phi) is 6.99. The van der Waals surface area contributed by atoms with Crippen LogP contribution in [0.3, 0.4) is 0 Å². The van der Waals surface area contributed by atoms with Gasteiger partial charge >= 0.3 is 0 Å². The van der Waals surface area contributed by atoms with E-state index in [1.165, 1.54) is 23.8 Å². The van der Waals surface area contributed by atoms with E-state index in [9.17, 15) is 13.2 Å². The Morgan fingerprint density at radius 3 is 2.32 bits per heavy atom. The Morgan fingerprint density at radius 2 is 1.61 bits per heavy atom. The highest BCUT2D eigenvalue weighted by Crippen LogP contribution is 2.13. The zero-order valence-electron chi connectivity index (χ0n) is 17.7. The number of nitrogens with one attached hydrogen (secondary N) is 2. The van der Waals surface area contributed by atoms with E-state index in [4.69, 9.17) is 0 Å². The van der Waals surface area contributed by atoms with Crippen molar-refractivity contribution in [2.45, 2.75) is 32.2 Å². The van der Waals surface area contributed by atoms with E-state index in [1.54, 1.807) is 13.0 Å². The quantitative estimate of drug-likeness (QED) is 0.435. The monoisotopic (exact) mass is 435 g/mol. The second-order valence-electron chi connectivity index (χ2n) is 7.28. The molecule has 0 radical (unpaired) electrons. The van der Waals surface area contributed by atoms with Crippen LogP contribution in [0.2, 0.25) is 0 Å². The summed E-state index contributed by atoms with van der Waals surface area (Å²) in [5, 5.41) is 4.16. The van der Waals surface area contributed by atoms with Gasteiger partial charge in [0.1, 0.15) is 0 Å². The molecular formula is C24H25N3O3S. The molecule has 2 N–H and O–H groups in total. The topological polar surface area (TPSA) is 87.6 Å². The second-order valence-corrected chi connectivity index (χ2v) is 9.04. The third-order valence-corrected chi connectivity index (χ3v) is 6.36. The fourth-order valence-corrected chi connectivity index (χ4v) is 3.96. The van der Waals surface area contributed by atoms with E-state index >= 15 is 0 Å². The fourth-order valence-electron chi connectivity index (χ4n) is 2.89. The van der Waals surface area contributed by atoms with E-state index < -0.39 is 15.9 Å². The van der Waals surface area contributed by atoms with Crippen LogP contribution >= 0.6 is 0 Å². The largest absolute Gasteiger partial charge is 0.271 e. The Labute approximate surface area is 183 Å². The molecule has 0 aromatic heterocycles. The molecule has 0 saturated heterocycles. The molecule has 31 heavy (non-hydrogen) atoms. The molecule has 0 fully saturated rings. The third-order valence-electron chi connectivity index (χ3n) is 4.97. The molecule has 3 aromatic rings. The number of aryl methyl sites for hydroxylation is 2. The molecule has 0 spiro atoms. The fraction of sp³-hybridized carbons (Fsp3) is 0.167. The number of hydrogen-bond donors (Lipinski definition) is 2. The molecule has 0 heterocycles. The lowest BCUT2D eigenvalue weighted by Gasteiger charge is -2.09. The van der Waals surface area contributed by atoms with Gasteiger partial charge in [-0.1, -0.05) is 48.5 Å². The van der Waals surface area contributed by atoms with Crippen LogP contribution in [0, 0.1) is 13.8 Å². The maximum Gasteiger partial charge on any atom is 0.271 e. The van der Waals surface area contributed by atoms with Crippen molar-refractivity contribution in [3.8, 4) is 0 Å². The molecule has 1 amide bonds.